The highest BCUT2D eigenvalue weighted by Gasteiger charge is 2.52. The maximum absolute atomic E-state index is 14.3. The predicted molar refractivity (Wildman–Crippen MR) is 333 cm³/mol. The fraction of sp³-hybridized carbons (Fsp3) is 0.545. The Balaban J connectivity index is 1.08. The van der Waals surface area contributed by atoms with Crippen LogP contribution in [0.25, 0.3) is 10.4 Å². The van der Waals surface area contributed by atoms with Crippen LogP contribution in [0, 0.1) is 17.7 Å². The normalized spacial score (nSPS) is 17.8. The van der Waals surface area contributed by atoms with E-state index in [1.807, 2.05) is 36.4 Å². The first-order valence-electron chi connectivity index (χ1n) is 31.3. The number of likely N-dealkylation sites (N-methyl/N-ethyl adjacent to an activating group) is 1. The molecule has 0 aliphatic heterocycles. The highest BCUT2D eigenvalue weighted by atomic mass is 19.1. The number of nitrogens with zero attached hydrogens (tertiary/aromatic N) is 4. The van der Waals surface area contributed by atoms with Gasteiger partial charge in [0, 0.05) is 97.0 Å². The second kappa shape index (κ2) is 34.2. The van der Waals surface area contributed by atoms with Crippen molar-refractivity contribution in [2.75, 3.05) is 75.5 Å². The largest absolute Gasteiger partial charge is 0.486 e. The SMILES string of the molecule is CN(CCOCCNC(=O)CCC12c3cc(NC(=O)CCCCCCCN)ccc3C(c3ccc(NC(=O)CCCCCCCN)cc31)c1ccc(NC(=O)CCCCCCCN)cc12)C(=O)C1C[C@H](N=[N+]=[N-])CC1C(=O)COc1ccc(F)cc1. The number of unbranched alkanes of at least 4 members (excludes halogenated alkanes) is 12. The van der Waals surface area contributed by atoms with Crippen LogP contribution in [0.1, 0.15) is 181 Å². The molecule has 1 saturated carbocycles. The van der Waals surface area contributed by atoms with E-state index in [1.54, 1.807) is 7.05 Å². The van der Waals surface area contributed by atoms with Gasteiger partial charge < -0.3 is 52.8 Å². The van der Waals surface area contributed by atoms with Gasteiger partial charge >= 0.3 is 0 Å². The van der Waals surface area contributed by atoms with Crippen LogP contribution < -0.4 is 43.2 Å². The second-order valence-corrected chi connectivity index (χ2v) is 23.3. The average Bonchev–Trinajstić information content (AvgIpc) is 0.745. The molecule has 10 N–H and O–H groups in total. The number of carbonyl (C=O) groups is 6. The summed E-state index contributed by atoms with van der Waals surface area (Å²) in [7, 11) is 1.62. The summed E-state index contributed by atoms with van der Waals surface area (Å²) in [4.78, 5) is 86.6. The number of carbonyl (C=O) groups excluding carboxylic acids is 6. The molecule has 8 rings (SSSR count). The smallest absolute Gasteiger partial charge is 0.226 e. The molecular weight excluding hydrogens is 1090 g/mol. The molecule has 1 fully saturated rings. The van der Waals surface area contributed by atoms with E-state index in [0.29, 0.717) is 61.7 Å². The van der Waals surface area contributed by atoms with Crippen molar-refractivity contribution in [2.24, 2.45) is 34.2 Å². The van der Waals surface area contributed by atoms with Gasteiger partial charge in [0.15, 0.2) is 5.78 Å². The van der Waals surface area contributed by atoms with Crippen LogP contribution in [-0.2, 0) is 38.9 Å². The van der Waals surface area contributed by atoms with Gasteiger partial charge in [0.1, 0.15) is 18.2 Å². The predicted octanol–water partition coefficient (Wildman–Crippen LogP) is 10.4. The van der Waals surface area contributed by atoms with Crippen molar-refractivity contribution in [1.29, 1.82) is 0 Å². The number of benzene rings is 4. The lowest BCUT2D eigenvalue weighted by Crippen LogP contribution is -2.43. The summed E-state index contributed by atoms with van der Waals surface area (Å²) in [5.41, 5.74) is 33.1. The summed E-state index contributed by atoms with van der Waals surface area (Å²) < 4.78 is 25.0. The number of halogens is 1. The van der Waals surface area contributed by atoms with E-state index >= 15 is 0 Å². The summed E-state index contributed by atoms with van der Waals surface area (Å²) in [6.45, 7) is 2.27. The van der Waals surface area contributed by atoms with Crippen LogP contribution in [0.3, 0.4) is 0 Å². The molecule has 86 heavy (non-hydrogen) atoms. The molecule has 4 aromatic rings. The Morgan fingerprint density at radius 1 is 0.605 bits per heavy atom. The molecule has 4 aromatic carbocycles. The lowest BCUT2D eigenvalue weighted by molar-refractivity contribution is -0.140. The molecular formula is C66H90FN11O8. The first-order chi connectivity index (χ1) is 41.8. The molecule has 5 amide bonds. The Hall–Kier alpha value is -7.22. The molecule has 19 nitrogen and oxygen atoms in total. The molecule has 0 heterocycles. The Bertz CT molecular complexity index is 2780. The molecule has 464 valence electrons. The van der Waals surface area contributed by atoms with Crippen molar-refractivity contribution < 1.29 is 42.6 Å². The zero-order chi connectivity index (χ0) is 61.3. The number of rotatable bonds is 39. The molecule has 3 atom stereocenters. The van der Waals surface area contributed by atoms with E-state index in [1.165, 1.54) is 29.2 Å². The fourth-order valence-electron chi connectivity index (χ4n) is 12.6. The highest BCUT2D eigenvalue weighted by molar-refractivity contribution is 5.94. The van der Waals surface area contributed by atoms with Gasteiger partial charge in [-0.05, 0) is 177 Å². The lowest BCUT2D eigenvalue weighted by Gasteiger charge is -2.51. The summed E-state index contributed by atoms with van der Waals surface area (Å²) in [5, 5.41) is 16.4. The van der Waals surface area contributed by atoms with Gasteiger partial charge in [-0.3, -0.25) is 28.8 Å². The van der Waals surface area contributed by atoms with Crippen molar-refractivity contribution >= 4 is 52.4 Å². The van der Waals surface area contributed by atoms with Crippen LogP contribution in [0.4, 0.5) is 21.5 Å². The van der Waals surface area contributed by atoms with E-state index in [9.17, 15) is 33.2 Å². The average molecular weight is 1180 g/mol. The number of nitrogens with two attached hydrogens (primary N) is 3. The zero-order valence-electron chi connectivity index (χ0n) is 50.2. The van der Waals surface area contributed by atoms with Crippen LogP contribution in [0.2, 0.25) is 0 Å². The Morgan fingerprint density at radius 3 is 1.52 bits per heavy atom. The fourth-order valence-corrected chi connectivity index (χ4v) is 12.6. The number of amides is 5. The minimum Gasteiger partial charge on any atom is -0.486 e. The summed E-state index contributed by atoms with van der Waals surface area (Å²) in [6, 6.07) is 23.0. The minimum absolute atomic E-state index is 0.0650. The van der Waals surface area contributed by atoms with Crippen molar-refractivity contribution in [3.05, 3.63) is 129 Å². The van der Waals surface area contributed by atoms with Gasteiger partial charge in [0.2, 0.25) is 29.5 Å². The quantitative estimate of drug-likeness (QED) is 0.00954. The van der Waals surface area contributed by atoms with E-state index in [-0.39, 0.29) is 99.8 Å². The van der Waals surface area contributed by atoms with E-state index < -0.39 is 29.1 Å². The molecule has 20 heteroatoms. The zero-order valence-corrected chi connectivity index (χ0v) is 50.2. The maximum atomic E-state index is 14.3. The van der Waals surface area contributed by atoms with Gasteiger partial charge in [0.25, 0.3) is 0 Å². The molecule has 0 saturated heterocycles. The molecule has 0 radical (unpaired) electrons. The molecule has 2 unspecified atom stereocenters. The highest BCUT2D eigenvalue weighted by Crippen LogP contribution is 2.62. The van der Waals surface area contributed by atoms with Crippen LogP contribution in [-0.4, -0.2) is 106 Å². The monoisotopic (exact) mass is 1180 g/mol. The van der Waals surface area contributed by atoms with Crippen LogP contribution >= 0.6 is 0 Å². The van der Waals surface area contributed by atoms with Gasteiger partial charge in [-0.1, -0.05) is 81.1 Å². The van der Waals surface area contributed by atoms with Gasteiger partial charge in [-0.25, -0.2) is 4.39 Å². The summed E-state index contributed by atoms with van der Waals surface area (Å²) in [6.07, 6.45) is 15.9. The van der Waals surface area contributed by atoms with Gasteiger partial charge in [-0.2, -0.15) is 0 Å². The van der Waals surface area contributed by atoms with Crippen LogP contribution in [0.5, 0.6) is 5.75 Å². The molecule has 4 aliphatic carbocycles. The molecule has 4 aliphatic rings. The second-order valence-electron chi connectivity index (χ2n) is 23.3. The number of nitrogens with one attached hydrogen (secondary N) is 4. The number of hydrogen-bond donors (Lipinski definition) is 7. The van der Waals surface area contributed by atoms with Crippen molar-refractivity contribution in [1.82, 2.24) is 10.2 Å². The Labute approximate surface area is 505 Å². The Morgan fingerprint density at radius 2 is 1.06 bits per heavy atom. The van der Waals surface area contributed by atoms with Crippen molar-refractivity contribution in [3.63, 3.8) is 0 Å². The van der Waals surface area contributed by atoms with E-state index in [2.05, 4.69) is 49.5 Å². The molecule has 2 bridgehead atoms. The number of ether oxygens (including phenoxy) is 2. The van der Waals surface area contributed by atoms with Gasteiger partial charge in [0.05, 0.1) is 13.2 Å². The van der Waals surface area contributed by atoms with Crippen molar-refractivity contribution in [2.45, 2.75) is 159 Å². The van der Waals surface area contributed by atoms with Crippen LogP contribution in [0.15, 0.2) is 84.0 Å². The molecule has 0 aromatic heterocycles. The maximum Gasteiger partial charge on any atom is 0.226 e. The third-order valence-corrected chi connectivity index (χ3v) is 17.1. The number of Topliss-reactive ketones (excluding diaryl/α,β-unsaturated/α-hetero) is 1. The summed E-state index contributed by atoms with van der Waals surface area (Å²) >= 11 is 0. The topological polar surface area (TPSA) is 299 Å². The summed E-state index contributed by atoms with van der Waals surface area (Å²) in [5.74, 6) is -2.95. The number of hydrogen-bond acceptors (Lipinski definition) is 12. The van der Waals surface area contributed by atoms with E-state index in [4.69, 9.17) is 32.2 Å². The first-order valence-corrected chi connectivity index (χ1v) is 31.3. The van der Waals surface area contributed by atoms with Gasteiger partial charge in [-0.15, -0.1) is 0 Å². The minimum atomic E-state index is -0.990. The standard InChI is InChI=1S/C66H90FN11O8/c1-78(65(84)55-40-49(76-77-71)39-54(55)59(79)44-86-50-25-20-45(67)21-26-50)36-38-85-37-35-72-60(80)30-31-66-56-41-46(73-61(81)17-11-5-2-8-14-32-68)22-27-51(56)64(52-28-23-47(42-57(52)66)74-62(82)18-12-6-3-9-15-33-69)53-29-24-48(43-58(53)66)75-63(83)19-13-7-4-10-16-34-70/h20-29,41-43,49,54-55,64H,2-19,30-40,44,68-70H2,1H3,(H,72,80)(H,73,81)(H,74,82)(H,75,83)/t49-,54?,55?,64?,66?/m1/s1. The third-order valence-electron chi connectivity index (χ3n) is 17.1. The van der Waals surface area contributed by atoms with Crippen molar-refractivity contribution in [3.8, 4) is 5.75 Å². The first kappa shape index (κ1) is 66.3. The lowest BCUT2D eigenvalue weighted by atomic mass is 9.51. The Kier molecular flexibility index (Phi) is 26.4. The number of anilines is 3. The van der Waals surface area contributed by atoms with E-state index in [0.717, 1.165) is 130 Å². The number of ketones is 1. The third kappa shape index (κ3) is 18.4. The number of azide groups is 1. The molecule has 0 spiro atoms.